The molecule has 0 saturated heterocycles. The van der Waals surface area contributed by atoms with Crippen LogP contribution in [0.2, 0.25) is 0 Å². The Morgan fingerprint density at radius 1 is 1.11 bits per heavy atom. The predicted molar refractivity (Wildman–Crippen MR) is 84.5 cm³/mol. The van der Waals surface area contributed by atoms with Crippen LogP contribution in [-0.4, -0.2) is 30.6 Å². The molecule has 0 saturated carbocycles. The highest BCUT2D eigenvalue weighted by Crippen LogP contribution is 2.25. The van der Waals surface area contributed by atoms with E-state index in [0.29, 0.717) is 18.1 Å². The number of hydrogen-bond donors (Lipinski definition) is 1. The van der Waals surface area contributed by atoms with Gasteiger partial charge in [0.15, 0.2) is 0 Å². The van der Waals surface area contributed by atoms with Crippen molar-refractivity contribution in [1.82, 2.24) is 10.2 Å². The summed E-state index contributed by atoms with van der Waals surface area (Å²) in [7, 11) is 2.07. The molecule has 1 aromatic carbocycles. The number of nitrogens with one attached hydrogen (secondary N) is 1. The second-order valence-corrected chi connectivity index (χ2v) is 5.48. The van der Waals surface area contributed by atoms with Gasteiger partial charge in [-0.1, -0.05) is 44.2 Å². The Bertz CT molecular complexity index is 334. The summed E-state index contributed by atoms with van der Waals surface area (Å²) in [6.45, 7) is 10.3. The topological polar surface area (TPSA) is 15.3 Å². The molecule has 2 nitrogen and oxygen atoms in total. The van der Waals surface area contributed by atoms with Gasteiger partial charge >= 0.3 is 0 Å². The van der Waals surface area contributed by atoms with Crippen molar-refractivity contribution in [3.8, 4) is 0 Å². The molecule has 0 aliphatic rings. The third-order valence-corrected chi connectivity index (χ3v) is 3.84. The van der Waals surface area contributed by atoms with Crippen LogP contribution in [0.4, 0.5) is 0 Å². The average molecular weight is 262 g/mol. The van der Waals surface area contributed by atoms with E-state index >= 15 is 0 Å². The molecule has 2 heteroatoms. The van der Waals surface area contributed by atoms with Gasteiger partial charge in [-0.3, -0.25) is 4.90 Å². The van der Waals surface area contributed by atoms with E-state index in [9.17, 15) is 0 Å². The Morgan fingerprint density at radius 2 is 1.74 bits per heavy atom. The smallest absolute Gasteiger partial charge is 0.0475 e. The zero-order valence-electron chi connectivity index (χ0n) is 13.2. The molecule has 0 radical (unpaired) electrons. The highest BCUT2D eigenvalue weighted by Gasteiger charge is 2.27. The lowest BCUT2D eigenvalue weighted by Gasteiger charge is -2.39. The molecule has 0 amide bonds. The first-order valence-electron chi connectivity index (χ1n) is 7.63. The second-order valence-electron chi connectivity index (χ2n) is 5.48. The van der Waals surface area contributed by atoms with E-state index in [4.69, 9.17) is 0 Å². The number of likely N-dealkylation sites (N-methyl/N-ethyl adjacent to an activating group) is 1. The average Bonchev–Trinajstić information content (AvgIpc) is 2.43. The van der Waals surface area contributed by atoms with Crippen LogP contribution in [-0.2, 0) is 0 Å². The van der Waals surface area contributed by atoms with E-state index in [1.807, 2.05) is 0 Å². The molecule has 0 aliphatic carbocycles. The molecule has 19 heavy (non-hydrogen) atoms. The molecule has 0 spiro atoms. The van der Waals surface area contributed by atoms with Crippen molar-refractivity contribution in [2.75, 3.05) is 13.6 Å². The Kier molecular flexibility index (Phi) is 7.11. The number of benzene rings is 1. The third kappa shape index (κ3) is 4.32. The number of hydrogen-bond acceptors (Lipinski definition) is 2. The fourth-order valence-corrected chi connectivity index (χ4v) is 2.97. The largest absolute Gasteiger partial charge is 0.312 e. The lowest BCUT2D eigenvalue weighted by Crippen LogP contribution is -2.47. The van der Waals surface area contributed by atoms with E-state index in [-0.39, 0.29) is 0 Å². The van der Waals surface area contributed by atoms with Crippen molar-refractivity contribution in [3.63, 3.8) is 0 Å². The summed E-state index contributed by atoms with van der Waals surface area (Å²) < 4.78 is 0. The van der Waals surface area contributed by atoms with Crippen LogP contribution >= 0.6 is 0 Å². The molecule has 0 bridgehead atoms. The van der Waals surface area contributed by atoms with Crippen LogP contribution in [0.15, 0.2) is 30.3 Å². The van der Waals surface area contributed by atoms with Gasteiger partial charge in [-0.15, -0.1) is 0 Å². The first-order valence-corrected chi connectivity index (χ1v) is 7.63. The molecular formula is C17H30N2. The van der Waals surface area contributed by atoms with E-state index < -0.39 is 0 Å². The van der Waals surface area contributed by atoms with Gasteiger partial charge in [0, 0.05) is 18.1 Å². The molecule has 1 aromatic rings. The van der Waals surface area contributed by atoms with Gasteiger partial charge in [0.1, 0.15) is 0 Å². The number of nitrogens with zero attached hydrogens (tertiary/aromatic N) is 1. The highest BCUT2D eigenvalue weighted by molar-refractivity contribution is 5.20. The lowest BCUT2D eigenvalue weighted by atomic mass is 9.95. The standard InChI is InChI=1S/C17H30N2/c1-6-13-19(14(3)4)16(7-2)17(18-5)15-11-9-8-10-12-15/h8-12,14,16-18H,6-7,13H2,1-5H3. The molecule has 0 aromatic heterocycles. The van der Waals surface area contributed by atoms with Crippen molar-refractivity contribution in [2.24, 2.45) is 0 Å². The van der Waals surface area contributed by atoms with Gasteiger partial charge in [-0.2, -0.15) is 0 Å². The molecule has 0 fully saturated rings. The summed E-state index contributed by atoms with van der Waals surface area (Å²) in [5.74, 6) is 0. The van der Waals surface area contributed by atoms with Crippen LogP contribution < -0.4 is 5.32 Å². The fraction of sp³-hybridized carbons (Fsp3) is 0.647. The molecule has 1 N–H and O–H groups in total. The third-order valence-electron chi connectivity index (χ3n) is 3.84. The minimum absolute atomic E-state index is 0.403. The van der Waals surface area contributed by atoms with Crippen molar-refractivity contribution in [2.45, 2.75) is 58.7 Å². The molecular weight excluding hydrogens is 232 g/mol. The summed E-state index contributed by atoms with van der Waals surface area (Å²) in [5.41, 5.74) is 1.39. The first kappa shape index (κ1) is 16.2. The van der Waals surface area contributed by atoms with Gasteiger partial charge in [-0.25, -0.2) is 0 Å². The van der Waals surface area contributed by atoms with E-state index in [1.165, 1.54) is 24.9 Å². The van der Waals surface area contributed by atoms with Crippen LogP contribution in [0.3, 0.4) is 0 Å². The minimum atomic E-state index is 0.403. The molecule has 2 unspecified atom stereocenters. The number of rotatable bonds is 8. The Balaban J connectivity index is 2.97. The first-order chi connectivity index (χ1) is 9.15. The van der Waals surface area contributed by atoms with Crippen molar-refractivity contribution < 1.29 is 0 Å². The van der Waals surface area contributed by atoms with Crippen molar-refractivity contribution in [1.29, 1.82) is 0 Å². The second kappa shape index (κ2) is 8.34. The van der Waals surface area contributed by atoms with Gasteiger partial charge in [-0.05, 0) is 45.8 Å². The van der Waals surface area contributed by atoms with Crippen LogP contribution in [0.25, 0.3) is 0 Å². The predicted octanol–water partition coefficient (Wildman–Crippen LogP) is 3.85. The summed E-state index contributed by atoms with van der Waals surface area (Å²) >= 11 is 0. The summed E-state index contributed by atoms with van der Waals surface area (Å²) in [6.07, 6.45) is 2.37. The van der Waals surface area contributed by atoms with E-state index in [1.54, 1.807) is 0 Å². The van der Waals surface area contributed by atoms with Gasteiger partial charge in [0.25, 0.3) is 0 Å². The zero-order valence-corrected chi connectivity index (χ0v) is 13.2. The maximum atomic E-state index is 3.52. The monoisotopic (exact) mass is 262 g/mol. The van der Waals surface area contributed by atoms with Crippen molar-refractivity contribution >= 4 is 0 Å². The Morgan fingerprint density at radius 3 is 2.16 bits per heavy atom. The van der Waals surface area contributed by atoms with Gasteiger partial charge in [0.05, 0.1) is 0 Å². The van der Waals surface area contributed by atoms with E-state index in [0.717, 1.165) is 0 Å². The summed E-state index contributed by atoms with van der Waals surface area (Å²) in [4.78, 5) is 2.63. The molecule has 0 heterocycles. The molecule has 1 rings (SSSR count). The van der Waals surface area contributed by atoms with Crippen LogP contribution in [0.5, 0.6) is 0 Å². The molecule has 0 aliphatic heterocycles. The maximum Gasteiger partial charge on any atom is 0.0475 e. The van der Waals surface area contributed by atoms with Gasteiger partial charge in [0.2, 0.25) is 0 Å². The lowest BCUT2D eigenvalue weighted by molar-refractivity contribution is 0.118. The minimum Gasteiger partial charge on any atom is -0.312 e. The normalized spacial score (nSPS) is 14.9. The van der Waals surface area contributed by atoms with Crippen molar-refractivity contribution in [3.05, 3.63) is 35.9 Å². The SMILES string of the molecule is CCCN(C(C)C)C(CC)C(NC)c1ccccc1. The van der Waals surface area contributed by atoms with Crippen LogP contribution in [0.1, 0.15) is 52.1 Å². The quantitative estimate of drug-likeness (QED) is 0.765. The van der Waals surface area contributed by atoms with Gasteiger partial charge < -0.3 is 5.32 Å². The molecule has 2 atom stereocenters. The highest BCUT2D eigenvalue weighted by atomic mass is 15.2. The van der Waals surface area contributed by atoms with Crippen LogP contribution in [0, 0.1) is 0 Å². The Labute approximate surface area is 119 Å². The summed E-state index contributed by atoms with van der Waals surface area (Å²) in [6, 6.07) is 12.3. The summed E-state index contributed by atoms with van der Waals surface area (Å²) in [5, 5.41) is 3.52. The fourth-order valence-electron chi connectivity index (χ4n) is 2.97. The van der Waals surface area contributed by atoms with E-state index in [2.05, 4.69) is 75.3 Å². The Hall–Kier alpha value is -0.860. The maximum absolute atomic E-state index is 3.52. The molecule has 108 valence electrons. The zero-order chi connectivity index (χ0) is 14.3.